The highest BCUT2D eigenvalue weighted by molar-refractivity contribution is 6.09. The van der Waals surface area contributed by atoms with Crippen LogP contribution in [-0.2, 0) is 5.41 Å². The predicted octanol–water partition coefficient (Wildman–Crippen LogP) is 15.8. The van der Waals surface area contributed by atoms with Gasteiger partial charge in [-0.15, -0.1) is 0 Å². The zero-order valence-corrected chi connectivity index (χ0v) is 35.0. The van der Waals surface area contributed by atoms with Gasteiger partial charge in [0.05, 0.1) is 28.1 Å². The molecule has 8 aromatic carbocycles. The minimum absolute atomic E-state index is 0.00809. The highest BCUT2D eigenvalue weighted by Crippen LogP contribution is 2.42. The Bertz CT molecular complexity index is 3180. The van der Waals surface area contributed by atoms with E-state index in [0.29, 0.717) is 0 Å². The van der Waals surface area contributed by atoms with E-state index in [9.17, 15) is 0 Å². The first-order chi connectivity index (χ1) is 30.4. The van der Waals surface area contributed by atoms with E-state index in [4.69, 9.17) is 9.72 Å². The van der Waals surface area contributed by atoms with E-state index in [-0.39, 0.29) is 5.41 Å². The molecule has 300 valence electrons. The van der Waals surface area contributed by atoms with Gasteiger partial charge < -0.3 is 15.4 Å². The maximum Gasteiger partial charge on any atom is 0.137 e. The van der Waals surface area contributed by atoms with E-state index < -0.39 is 0 Å². The van der Waals surface area contributed by atoms with Gasteiger partial charge in [-0.05, 0) is 87.8 Å². The average Bonchev–Trinajstić information content (AvgIpc) is 3.64. The molecule has 0 saturated heterocycles. The number of ether oxygens (including phenoxy) is 1. The van der Waals surface area contributed by atoms with Crippen molar-refractivity contribution in [1.82, 2.24) is 9.55 Å². The summed E-state index contributed by atoms with van der Waals surface area (Å²) in [6.45, 7) is 6.70. The van der Waals surface area contributed by atoms with Gasteiger partial charge in [0.25, 0.3) is 0 Å². The SMILES string of the molecule is CC(C)(C)c1ccnc(-n2c3ccccc3c3ccc(Oc4cccc(Nc5ccccc5Nc5c(-c6ccccc6)cccc5-c5ccc(-c6ccccc6)cc5)c4)cc32)c1. The van der Waals surface area contributed by atoms with Crippen LogP contribution in [0.15, 0.2) is 212 Å². The molecule has 0 amide bonds. The van der Waals surface area contributed by atoms with Crippen molar-refractivity contribution in [3.8, 4) is 50.7 Å². The molecule has 2 aromatic heterocycles. The van der Waals surface area contributed by atoms with E-state index in [1.807, 2.05) is 24.4 Å². The first-order valence-electron chi connectivity index (χ1n) is 21.1. The molecule has 0 bridgehead atoms. The summed E-state index contributed by atoms with van der Waals surface area (Å²) >= 11 is 0. The Kier molecular flexibility index (Phi) is 10.1. The van der Waals surface area contributed by atoms with Crippen LogP contribution in [0.3, 0.4) is 0 Å². The Morgan fingerprint density at radius 2 is 1.03 bits per heavy atom. The number of nitrogens with zero attached hydrogens (tertiary/aromatic N) is 2. The fraction of sp³-hybridized carbons (Fsp3) is 0.0702. The monoisotopic (exact) mass is 802 g/mol. The number of hydrogen-bond donors (Lipinski definition) is 2. The molecule has 0 aliphatic rings. The van der Waals surface area contributed by atoms with E-state index in [2.05, 4.69) is 224 Å². The lowest BCUT2D eigenvalue weighted by Crippen LogP contribution is -2.12. The standard InChI is InChI=1S/C57H46N4O/c1-57(2,3)43-34-35-58-55(36-43)61-53-27-13-10-22-49(53)50-33-32-46(38-54(50)61)62-45-21-14-20-44(37-45)59-51-25-11-12-26-52(51)60-56-47(41-18-8-5-9-19-41)23-15-24-48(56)42-30-28-40(29-31-42)39-16-6-4-7-17-39/h4-38,59-60H,1-3H3. The second kappa shape index (κ2) is 16.3. The Hall–Kier alpha value is -7.89. The van der Waals surface area contributed by atoms with Crippen molar-refractivity contribution < 1.29 is 4.74 Å². The second-order valence-electron chi connectivity index (χ2n) is 16.6. The molecule has 62 heavy (non-hydrogen) atoms. The Labute approximate surface area is 363 Å². The quantitative estimate of drug-likeness (QED) is 0.145. The molecule has 0 atom stereocenters. The van der Waals surface area contributed by atoms with Crippen molar-refractivity contribution in [2.75, 3.05) is 10.6 Å². The Balaban J connectivity index is 0.964. The lowest BCUT2D eigenvalue weighted by molar-refractivity contribution is 0.483. The molecule has 0 saturated carbocycles. The maximum absolute atomic E-state index is 6.63. The summed E-state index contributed by atoms with van der Waals surface area (Å²) in [6.07, 6.45) is 1.91. The summed E-state index contributed by atoms with van der Waals surface area (Å²) in [4.78, 5) is 4.86. The fourth-order valence-corrected chi connectivity index (χ4v) is 8.29. The van der Waals surface area contributed by atoms with Crippen LogP contribution in [0, 0.1) is 0 Å². The second-order valence-corrected chi connectivity index (χ2v) is 16.6. The molecule has 5 heteroatoms. The molecule has 10 rings (SSSR count). The van der Waals surface area contributed by atoms with Gasteiger partial charge >= 0.3 is 0 Å². The van der Waals surface area contributed by atoms with Gasteiger partial charge in [-0.3, -0.25) is 4.57 Å². The summed E-state index contributed by atoms with van der Waals surface area (Å²) in [5.41, 5.74) is 14.1. The van der Waals surface area contributed by atoms with Gasteiger partial charge in [0.15, 0.2) is 0 Å². The van der Waals surface area contributed by atoms with Crippen molar-refractivity contribution in [3.63, 3.8) is 0 Å². The van der Waals surface area contributed by atoms with Crippen molar-refractivity contribution in [2.24, 2.45) is 0 Å². The number of para-hydroxylation sites is 4. The molecular formula is C57H46N4O. The topological polar surface area (TPSA) is 51.1 Å². The van der Waals surface area contributed by atoms with Crippen LogP contribution in [-0.4, -0.2) is 9.55 Å². The van der Waals surface area contributed by atoms with Crippen molar-refractivity contribution in [2.45, 2.75) is 26.2 Å². The number of rotatable bonds is 10. The Morgan fingerprint density at radius 1 is 0.452 bits per heavy atom. The zero-order chi connectivity index (χ0) is 42.0. The average molecular weight is 803 g/mol. The van der Waals surface area contributed by atoms with Gasteiger partial charge in [-0.2, -0.15) is 0 Å². The van der Waals surface area contributed by atoms with Crippen molar-refractivity contribution in [1.29, 1.82) is 0 Å². The van der Waals surface area contributed by atoms with E-state index in [0.717, 1.165) is 78.7 Å². The molecule has 2 N–H and O–H groups in total. The number of pyridine rings is 1. The van der Waals surface area contributed by atoms with Crippen LogP contribution in [0.2, 0.25) is 0 Å². The molecule has 2 heterocycles. The molecule has 0 radical (unpaired) electrons. The van der Waals surface area contributed by atoms with Crippen LogP contribution in [0.5, 0.6) is 11.5 Å². The molecule has 0 unspecified atom stereocenters. The zero-order valence-electron chi connectivity index (χ0n) is 35.0. The molecule has 0 aliphatic heterocycles. The van der Waals surface area contributed by atoms with E-state index in [1.54, 1.807) is 0 Å². The van der Waals surface area contributed by atoms with Crippen LogP contribution in [0.4, 0.5) is 22.7 Å². The van der Waals surface area contributed by atoms with Gasteiger partial charge in [0, 0.05) is 45.9 Å². The lowest BCUT2D eigenvalue weighted by atomic mass is 9.88. The summed E-state index contributed by atoms with van der Waals surface area (Å²) in [5, 5.41) is 9.91. The lowest BCUT2D eigenvalue weighted by Gasteiger charge is -2.20. The van der Waals surface area contributed by atoms with E-state index >= 15 is 0 Å². The van der Waals surface area contributed by atoms with Crippen LogP contribution in [0.25, 0.3) is 61.0 Å². The van der Waals surface area contributed by atoms with E-state index in [1.165, 1.54) is 22.1 Å². The summed E-state index contributed by atoms with van der Waals surface area (Å²) in [6, 6.07) is 72.0. The highest BCUT2D eigenvalue weighted by Gasteiger charge is 2.19. The predicted molar refractivity (Wildman–Crippen MR) is 260 cm³/mol. The smallest absolute Gasteiger partial charge is 0.137 e. The number of anilines is 4. The summed E-state index contributed by atoms with van der Waals surface area (Å²) in [7, 11) is 0. The first-order valence-corrected chi connectivity index (χ1v) is 21.1. The van der Waals surface area contributed by atoms with Gasteiger partial charge in [-0.1, -0.05) is 160 Å². The minimum atomic E-state index is -0.00809. The molecular weight excluding hydrogens is 757 g/mol. The number of benzene rings is 8. The van der Waals surface area contributed by atoms with Crippen molar-refractivity contribution in [3.05, 3.63) is 218 Å². The highest BCUT2D eigenvalue weighted by atomic mass is 16.5. The third kappa shape index (κ3) is 7.68. The minimum Gasteiger partial charge on any atom is -0.457 e. The molecule has 0 fully saturated rings. The summed E-state index contributed by atoms with van der Waals surface area (Å²) in [5.74, 6) is 2.36. The summed E-state index contributed by atoms with van der Waals surface area (Å²) < 4.78 is 8.88. The molecule has 5 nitrogen and oxygen atoms in total. The number of hydrogen-bond acceptors (Lipinski definition) is 4. The normalized spacial score (nSPS) is 11.5. The number of nitrogens with one attached hydrogen (secondary N) is 2. The Morgan fingerprint density at radius 3 is 1.77 bits per heavy atom. The first kappa shape index (κ1) is 38.3. The molecule has 0 aliphatic carbocycles. The van der Waals surface area contributed by atoms with Gasteiger partial charge in [0.2, 0.25) is 0 Å². The van der Waals surface area contributed by atoms with Crippen LogP contribution in [0.1, 0.15) is 26.3 Å². The van der Waals surface area contributed by atoms with Gasteiger partial charge in [-0.25, -0.2) is 4.98 Å². The maximum atomic E-state index is 6.63. The third-order valence-corrected chi connectivity index (χ3v) is 11.5. The molecule has 0 spiro atoms. The van der Waals surface area contributed by atoms with Crippen molar-refractivity contribution >= 4 is 44.6 Å². The van der Waals surface area contributed by atoms with Gasteiger partial charge in [0.1, 0.15) is 17.3 Å². The van der Waals surface area contributed by atoms with Crippen LogP contribution < -0.4 is 15.4 Å². The number of aromatic nitrogens is 2. The fourth-order valence-electron chi connectivity index (χ4n) is 8.29. The number of fused-ring (bicyclic) bond motifs is 3. The molecule has 10 aromatic rings. The third-order valence-electron chi connectivity index (χ3n) is 11.5. The largest absolute Gasteiger partial charge is 0.457 e. The van der Waals surface area contributed by atoms with Crippen LogP contribution >= 0.6 is 0 Å².